The first-order valence-corrected chi connectivity index (χ1v) is 9.98. The van der Waals surface area contributed by atoms with Crippen molar-refractivity contribution in [1.29, 1.82) is 0 Å². The van der Waals surface area contributed by atoms with Gasteiger partial charge in [-0.3, -0.25) is 9.97 Å². The van der Waals surface area contributed by atoms with Crippen molar-refractivity contribution in [2.75, 3.05) is 0 Å². The van der Waals surface area contributed by atoms with Crippen molar-refractivity contribution in [3.63, 3.8) is 0 Å². The molecule has 3 aromatic heterocycles. The fourth-order valence-corrected chi connectivity index (χ4v) is 4.05. The number of hydrogen-bond acceptors (Lipinski definition) is 4. The van der Waals surface area contributed by atoms with E-state index in [0.29, 0.717) is 30.3 Å². The zero-order valence-electron chi connectivity index (χ0n) is 16.4. The molecule has 156 valence electrons. The van der Waals surface area contributed by atoms with Crippen LogP contribution in [0.25, 0.3) is 22.6 Å². The van der Waals surface area contributed by atoms with Crippen molar-refractivity contribution in [3.8, 4) is 22.6 Å². The number of aromatic nitrogens is 5. The number of rotatable bonds is 3. The lowest BCUT2D eigenvalue weighted by Gasteiger charge is -2.25. The summed E-state index contributed by atoms with van der Waals surface area (Å²) in [5.41, 5.74) is 2.15. The van der Waals surface area contributed by atoms with Gasteiger partial charge in [0.05, 0.1) is 5.56 Å². The maximum Gasteiger partial charge on any atom is 0.416 e. The van der Waals surface area contributed by atoms with Crippen LogP contribution in [0.5, 0.6) is 0 Å². The molecule has 5 rings (SSSR count). The van der Waals surface area contributed by atoms with Crippen molar-refractivity contribution >= 4 is 0 Å². The molecule has 5 nitrogen and oxygen atoms in total. The minimum absolute atomic E-state index is 0.246. The second-order valence-electron chi connectivity index (χ2n) is 7.46. The zero-order chi connectivity index (χ0) is 21.4. The summed E-state index contributed by atoms with van der Waals surface area (Å²) in [7, 11) is 0. The molecule has 31 heavy (non-hydrogen) atoms. The molecule has 1 aliphatic rings. The van der Waals surface area contributed by atoms with E-state index in [1.807, 2.05) is 24.3 Å². The molecule has 0 fully saturated rings. The van der Waals surface area contributed by atoms with E-state index in [9.17, 15) is 13.2 Å². The summed E-state index contributed by atoms with van der Waals surface area (Å²) in [4.78, 5) is 13.1. The van der Waals surface area contributed by atoms with E-state index in [0.717, 1.165) is 23.6 Å². The van der Waals surface area contributed by atoms with Crippen LogP contribution in [0.1, 0.15) is 35.7 Å². The maximum absolute atomic E-state index is 13.6. The Morgan fingerprint density at radius 3 is 2.48 bits per heavy atom. The Bertz CT molecular complexity index is 1200. The molecule has 4 aromatic rings. The van der Waals surface area contributed by atoms with E-state index in [2.05, 4.69) is 20.1 Å². The van der Waals surface area contributed by atoms with Crippen LogP contribution in [-0.2, 0) is 12.7 Å². The van der Waals surface area contributed by atoms with Crippen molar-refractivity contribution < 1.29 is 13.2 Å². The van der Waals surface area contributed by atoms with Crippen LogP contribution in [-0.4, -0.2) is 24.7 Å². The van der Waals surface area contributed by atoms with E-state index in [1.54, 1.807) is 35.4 Å². The topological polar surface area (TPSA) is 56.5 Å². The first kappa shape index (κ1) is 19.4. The lowest BCUT2D eigenvalue weighted by atomic mass is 9.88. The molecule has 0 saturated carbocycles. The minimum atomic E-state index is -4.41. The molecule has 1 aromatic carbocycles. The third kappa shape index (κ3) is 3.69. The van der Waals surface area contributed by atoms with Gasteiger partial charge >= 0.3 is 6.18 Å². The molecule has 0 radical (unpaired) electrons. The highest BCUT2D eigenvalue weighted by Crippen LogP contribution is 2.40. The minimum Gasteiger partial charge on any atom is -0.265 e. The van der Waals surface area contributed by atoms with Gasteiger partial charge in [-0.2, -0.15) is 13.2 Å². The molecule has 8 heteroatoms. The number of pyridine rings is 2. The Hall–Kier alpha value is -3.55. The van der Waals surface area contributed by atoms with Gasteiger partial charge in [0.2, 0.25) is 0 Å². The molecular weight excluding hydrogens is 403 g/mol. The van der Waals surface area contributed by atoms with Crippen LogP contribution in [0, 0.1) is 0 Å². The van der Waals surface area contributed by atoms with Gasteiger partial charge in [-0.25, -0.2) is 9.67 Å². The number of benzene rings is 1. The molecule has 4 heterocycles. The van der Waals surface area contributed by atoms with Gasteiger partial charge < -0.3 is 0 Å². The number of aryl methyl sites for hydroxylation is 1. The fourth-order valence-electron chi connectivity index (χ4n) is 4.05. The SMILES string of the molecule is FC(F)(F)c1ccccc1C1CCCn2nc(-c3ccc(-c4ccncc4)cn3)nc21. The Morgan fingerprint density at radius 2 is 1.74 bits per heavy atom. The first-order chi connectivity index (χ1) is 15.0. The zero-order valence-corrected chi connectivity index (χ0v) is 16.4. The molecule has 0 saturated heterocycles. The summed E-state index contributed by atoms with van der Waals surface area (Å²) in [6.45, 7) is 0.627. The molecule has 1 aliphatic heterocycles. The largest absolute Gasteiger partial charge is 0.416 e. The van der Waals surface area contributed by atoms with E-state index in [4.69, 9.17) is 0 Å². The molecule has 0 bridgehead atoms. The van der Waals surface area contributed by atoms with Gasteiger partial charge in [-0.1, -0.05) is 24.3 Å². The Labute approximate surface area is 176 Å². The first-order valence-electron chi connectivity index (χ1n) is 9.98. The summed E-state index contributed by atoms with van der Waals surface area (Å²) in [6, 6.07) is 13.3. The molecule has 0 N–H and O–H groups in total. The maximum atomic E-state index is 13.6. The molecule has 1 atom stereocenters. The fraction of sp³-hybridized carbons (Fsp3) is 0.217. The number of fused-ring (bicyclic) bond motifs is 1. The van der Waals surface area contributed by atoms with Crippen molar-refractivity contribution in [2.24, 2.45) is 0 Å². The van der Waals surface area contributed by atoms with Crippen molar-refractivity contribution in [1.82, 2.24) is 24.7 Å². The quantitative estimate of drug-likeness (QED) is 0.448. The summed E-state index contributed by atoms with van der Waals surface area (Å²) >= 11 is 0. The Morgan fingerprint density at radius 1 is 0.935 bits per heavy atom. The van der Waals surface area contributed by atoms with Crippen LogP contribution in [0.15, 0.2) is 67.1 Å². The number of hydrogen-bond donors (Lipinski definition) is 0. The van der Waals surface area contributed by atoms with Crippen LogP contribution < -0.4 is 0 Å². The number of nitrogens with zero attached hydrogens (tertiary/aromatic N) is 5. The average Bonchev–Trinajstić information content (AvgIpc) is 3.24. The third-order valence-electron chi connectivity index (χ3n) is 5.52. The normalized spacial score (nSPS) is 16.2. The van der Waals surface area contributed by atoms with Crippen LogP contribution in [0.2, 0.25) is 0 Å². The molecule has 0 amide bonds. The molecular formula is C23H18F3N5. The van der Waals surface area contributed by atoms with Crippen molar-refractivity contribution in [3.05, 3.63) is 84.1 Å². The van der Waals surface area contributed by atoms with E-state index < -0.39 is 17.7 Å². The standard InChI is InChI=1S/C23H18F3N5/c24-23(25,26)19-6-2-1-4-17(19)18-5-3-13-31-22(18)29-21(30-31)20-8-7-16(14-28-20)15-9-11-27-12-10-15/h1-2,4,6-12,14,18H,3,5,13H2. The predicted octanol–water partition coefficient (Wildman–Crippen LogP) is 5.35. The lowest BCUT2D eigenvalue weighted by molar-refractivity contribution is -0.138. The smallest absolute Gasteiger partial charge is 0.265 e. The second kappa shape index (κ2) is 7.61. The summed E-state index contributed by atoms with van der Waals surface area (Å²) in [6.07, 6.45) is 2.09. The number of halogens is 3. The summed E-state index contributed by atoms with van der Waals surface area (Å²) in [5.74, 6) is 0.523. The van der Waals surface area contributed by atoms with Gasteiger partial charge in [0.1, 0.15) is 11.5 Å². The predicted molar refractivity (Wildman–Crippen MR) is 109 cm³/mol. The van der Waals surface area contributed by atoms with E-state index in [1.165, 1.54) is 6.07 Å². The van der Waals surface area contributed by atoms with Crippen LogP contribution in [0.3, 0.4) is 0 Å². The molecule has 1 unspecified atom stereocenters. The third-order valence-corrected chi connectivity index (χ3v) is 5.52. The van der Waals surface area contributed by atoms with Gasteiger partial charge in [-0.05, 0) is 48.2 Å². The van der Waals surface area contributed by atoms with Gasteiger partial charge in [-0.15, -0.1) is 5.10 Å². The van der Waals surface area contributed by atoms with Gasteiger partial charge in [0.25, 0.3) is 0 Å². The average molecular weight is 421 g/mol. The van der Waals surface area contributed by atoms with E-state index >= 15 is 0 Å². The van der Waals surface area contributed by atoms with Crippen LogP contribution >= 0.6 is 0 Å². The van der Waals surface area contributed by atoms with Gasteiger partial charge in [0, 0.05) is 36.6 Å². The van der Waals surface area contributed by atoms with Crippen molar-refractivity contribution in [2.45, 2.75) is 31.5 Å². The van der Waals surface area contributed by atoms with E-state index in [-0.39, 0.29) is 5.56 Å². The number of alkyl halides is 3. The highest BCUT2D eigenvalue weighted by atomic mass is 19.4. The van der Waals surface area contributed by atoms with Gasteiger partial charge in [0.15, 0.2) is 5.82 Å². The summed E-state index contributed by atoms with van der Waals surface area (Å²) in [5, 5.41) is 4.54. The second-order valence-corrected chi connectivity index (χ2v) is 7.46. The highest BCUT2D eigenvalue weighted by Gasteiger charge is 2.37. The van der Waals surface area contributed by atoms with Crippen LogP contribution in [0.4, 0.5) is 13.2 Å². The Kier molecular flexibility index (Phi) is 4.77. The monoisotopic (exact) mass is 421 g/mol. The summed E-state index contributed by atoms with van der Waals surface area (Å²) < 4.78 is 42.4. The molecule has 0 spiro atoms. The lowest BCUT2D eigenvalue weighted by Crippen LogP contribution is -2.21. The highest BCUT2D eigenvalue weighted by molar-refractivity contribution is 5.64. The Balaban J connectivity index is 1.50. The molecule has 0 aliphatic carbocycles.